The molecule has 0 fully saturated rings. The normalized spacial score (nSPS) is 19.4. The third-order valence-electron chi connectivity index (χ3n) is 2.93. The minimum absolute atomic E-state index is 0.0129. The average molecular weight is 222 g/mol. The third-order valence-corrected chi connectivity index (χ3v) is 2.93. The molecule has 1 aromatic carbocycles. The summed E-state index contributed by atoms with van der Waals surface area (Å²) in [6.07, 6.45) is 0.505. The highest BCUT2D eigenvalue weighted by Gasteiger charge is 2.31. The Morgan fingerprint density at radius 3 is 2.62 bits per heavy atom. The maximum Gasteiger partial charge on any atom is 0.126 e. The van der Waals surface area contributed by atoms with Crippen molar-refractivity contribution in [2.75, 3.05) is 6.61 Å². The second kappa shape index (κ2) is 3.67. The molecule has 88 valence electrons. The van der Waals surface area contributed by atoms with Gasteiger partial charge in [-0.2, -0.15) is 0 Å². The minimum atomic E-state index is -0.169. The number of phenolic OH excluding ortho intramolecular Hbond substituents is 1. The molecule has 1 aliphatic heterocycles. The maximum absolute atomic E-state index is 9.95. The van der Waals surface area contributed by atoms with Crippen LogP contribution in [0.15, 0.2) is 12.1 Å². The van der Waals surface area contributed by atoms with Crippen LogP contribution in [0, 0.1) is 0 Å². The number of aliphatic hydroxyl groups is 1. The van der Waals surface area contributed by atoms with E-state index in [9.17, 15) is 5.11 Å². The smallest absolute Gasteiger partial charge is 0.126 e. The van der Waals surface area contributed by atoms with Gasteiger partial charge in [-0.1, -0.05) is 20.8 Å². The van der Waals surface area contributed by atoms with E-state index in [0.717, 1.165) is 16.9 Å². The first-order valence-corrected chi connectivity index (χ1v) is 5.56. The van der Waals surface area contributed by atoms with E-state index >= 15 is 0 Å². The van der Waals surface area contributed by atoms with Crippen molar-refractivity contribution in [1.29, 1.82) is 0 Å². The van der Waals surface area contributed by atoms with Gasteiger partial charge in [-0.05, 0) is 17.5 Å². The van der Waals surface area contributed by atoms with Crippen LogP contribution in [0.5, 0.6) is 11.5 Å². The molecule has 0 bridgehead atoms. The number of benzene rings is 1. The van der Waals surface area contributed by atoms with Crippen molar-refractivity contribution in [3.05, 3.63) is 23.3 Å². The Labute approximate surface area is 95.7 Å². The molecule has 3 nitrogen and oxygen atoms in total. The van der Waals surface area contributed by atoms with Crippen molar-refractivity contribution in [3.63, 3.8) is 0 Å². The lowest BCUT2D eigenvalue weighted by Gasteiger charge is -2.23. The van der Waals surface area contributed by atoms with Gasteiger partial charge in [0.25, 0.3) is 0 Å². The highest BCUT2D eigenvalue weighted by Crippen LogP contribution is 2.42. The van der Waals surface area contributed by atoms with E-state index in [4.69, 9.17) is 9.84 Å². The number of rotatable bonds is 1. The van der Waals surface area contributed by atoms with Crippen LogP contribution >= 0.6 is 0 Å². The zero-order valence-electron chi connectivity index (χ0n) is 9.95. The average Bonchev–Trinajstić information content (AvgIpc) is 2.57. The number of aromatic hydroxyl groups is 1. The Morgan fingerprint density at radius 2 is 2.06 bits per heavy atom. The van der Waals surface area contributed by atoms with Gasteiger partial charge in [-0.15, -0.1) is 0 Å². The quantitative estimate of drug-likeness (QED) is 0.764. The lowest BCUT2D eigenvalue weighted by Crippen LogP contribution is -2.18. The predicted octanol–water partition coefficient (Wildman–Crippen LogP) is 1.99. The molecule has 1 aliphatic rings. The Kier molecular flexibility index (Phi) is 2.58. The molecule has 0 saturated carbocycles. The standard InChI is InChI=1S/C13H18O3/c1-13(2,3)12-9-6-8(7-14)16-11(9)5-4-10(12)15/h4-5,8,14-15H,6-7H2,1-3H3. The van der Waals surface area contributed by atoms with Crippen LogP contribution in [-0.2, 0) is 11.8 Å². The summed E-state index contributed by atoms with van der Waals surface area (Å²) >= 11 is 0. The van der Waals surface area contributed by atoms with E-state index in [0.29, 0.717) is 12.2 Å². The van der Waals surface area contributed by atoms with Crippen molar-refractivity contribution in [1.82, 2.24) is 0 Å². The van der Waals surface area contributed by atoms with E-state index in [1.807, 2.05) is 0 Å². The molecule has 0 amide bonds. The highest BCUT2D eigenvalue weighted by atomic mass is 16.5. The molecule has 1 unspecified atom stereocenters. The summed E-state index contributed by atoms with van der Waals surface area (Å²) in [6, 6.07) is 3.44. The Morgan fingerprint density at radius 1 is 1.38 bits per heavy atom. The molecule has 3 heteroatoms. The topological polar surface area (TPSA) is 49.7 Å². The molecule has 1 aromatic rings. The number of ether oxygens (including phenoxy) is 1. The molecule has 0 saturated heterocycles. The molecule has 0 radical (unpaired) electrons. The van der Waals surface area contributed by atoms with Gasteiger partial charge < -0.3 is 14.9 Å². The maximum atomic E-state index is 9.95. The molecule has 2 N–H and O–H groups in total. The van der Waals surface area contributed by atoms with E-state index in [-0.39, 0.29) is 18.1 Å². The van der Waals surface area contributed by atoms with Crippen LogP contribution in [0.1, 0.15) is 31.9 Å². The molecule has 2 rings (SSSR count). The Bertz CT molecular complexity index is 404. The van der Waals surface area contributed by atoms with Gasteiger partial charge in [0.15, 0.2) is 0 Å². The summed E-state index contributed by atoms with van der Waals surface area (Å²) in [6.45, 7) is 6.21. The van der Waals surface area contributed by atoms with Crippen molar-refractivity contribution < 1.29 is 14.9 Å². The van der Waals surface area contributed by atoms with Gasteiger partial charge in [0.05, 0.1) is 6.61 Å². The zero-order chi connectivity index (χ0) is 11.9. The first-order chi connectivity index (χ1) is 7.43. The summed E-state index contributed by atoms with van der Waals surface area (Å²) in [7, 11) is 0. The molecule has 0 aromatic heterocycles. The van der Waals surface area contributed by atoms with E-state index in [2.05, 4.69) is 20.8 Å². The van der Waals surface area contributed by atoms with Crippen LogP contribution in [0.3, 0.4) is 0 Å². The summed E-state index contributed by atoms with van der Waals surface area (Å²) in [5, 5.41) is 19.1. The first-order valence-electron chi connectivity index (χ1n) is 5.56. The van der Waals surface area contributed by atoms with Crippen LogP contribution in [0.4, 0.5) is 0 Å². The molecule has 0 spiro atoms. The summed E-state index contributed by atoms with van der Waals surface area (Å²) < 4.78 is 5.59. The molecule has 16 heavy (non-hydrogen) atoms. The zero-order valence-corrected chi connectivity index (χ0v) is 9.95. The van der Waals surface area contributed by atoms with Crippen molar-refractivity contribution in [2.45, 2.75) is 38.7 Å². The SMILES string of the molecule is CC(C)(C)c1c(O)ccc2c1CC(CO)O2. The van der Waals surface area contributed by atoms with Crippen LogP contribution < -0.4 is 4.74 Å². The lowest BCUT2D eigenvalue weighted by atomic mass is 9.82. The highest BCUT2D eigenvalue weighted by molar-refractivity contribution is 5.53. The lowest BCUT2D eigenvalue weighted by molar-refractivity contribution is 0.134. The van der Waals surface area contributed by atoms with E-state index in [1.54, 1.807) is 12.1 Å². The fourth-order valence-electron chi connectivity index (χ4n) is 2.32. The van der Waals surface area contributed by atoms with E-state index < -0.39 is 0 Å². The number of aliphatic hydroxyl groups excluding tert-OH is 1. The Balaban J connectivity index is 2.51. The van der Waals surface area contributed by atoms with Gasteiger partial charge in [0.1, 0.15) is 17.6 Å². The summed E-state index contributed by atoms with van der Waals surface area (Å²) in [5.41, 5.74) is 1.84. The molecular weight excluding hydrogens is 204 g/mol. The van der Waals surface area contributed by atoms with Gasteiger partial charge >= 0.3 is 0 Å². The van der Waals surface area contributed by atoms with Gasteiger partial charge in [-0.25, -0.2) is 0 Å². The molecular formula is C13H18O3. The van der Waals surface area contributed by atoms with Gasteiger partial charge in [0, 0.05) is 17.5 Å². The summed E-state index contributed by atoms with van der Waals surface area (Å²) in [5.74, 6) is 1.11. The molecule has 1 atom stereocenters. The van der Waals surface area contributed by atoms with E-state index in [1.165, 1.54) is 0 Å². The number of fused-ring (bicyclic) bond motifs is 1. The second-order valence-electron chi connectivity index (χ2n) is 5.31. The largest absolute Gasteiger partial charge is 0.508 e. The van der Waals surface area contributed by atoms with Crippen LogP contribution in [0.2, 0.25) is 0 Å². The monoisotopic (exact) mass is 222 g/mol. The predicted molar refractivity (Wildman–Crippen MR) is 62.0 cm³/mol. The number of hydrogen-bond acceptors (Lipinski definition) is 3. The van der Waals surface area contributed by atoms with Gasteiger partial charge in [-0.3, -0.25) is 0 Å². The number of phenols is 1. The first kappa shape index (κ1) is 11.3. The summed E-state index contributed by atoms with van der Waals surface area (Å²) in [4.78, 5) is 0. The molecule has 0 aliphatic carbocycles. The van der Waals surface area contributed by atoms with Gasteiger partial charge in [0.2, 0.25) is 0 Å². The van der Waals surface area contributed by atoms with Crippen molar-refractivity contribution in [3.8, 4) is 11.5 Å². The minimum Gasteiger partial charge on any atom is -0.508 e. The number of hydrogen-bond donors (Lipinski definition) is 2. The van der Waals surface area contributed by atoms with Crippen molar-refractivity contribution >= 4 is 0 Å². The Hall–Kier alpha value is -1.22. The second-order valence-corrected chi connectivity index (χ2v) is 5.31. The van der Waals surface area contributed by atoms with Crippen molar-refractivity contribution in [2.24, 2.45) is 0 Å². The molecule has 1 heterocycles. The fraction of sp³-hybridized carbons (Fsp3) is 0.538. The van der Waals surface area contributed by atoms with Crippen LogP contribution in [0.25, 0.3) is 0 Å². The van der Waals surface area contributed by atoms with Crippen LogP contribution in [-0.4, -0.2) is 22.9 Å². The fourth-order valence-corrected chi connectivity index (χ4v) is 2.32. The third kappa shape index (κ3) is 1.76.